The average molecular weight is 425 g/mol. The number of carbonyl (C=O) groups is 1. The first kappa shape index (κ1) is 20.3. The van der Waals surface area contributed by atoms with Crippen LogP contribution in [0.25, 0.3) is 0 Å². The van der Waals surface area contributed by atoms with Crippen molar-refractivity contribution in [3.63, 3.8) is 0 Å². The molecule has 0 N–H and O–H groups in total. The van der Waals surface area contributed by atoms with Crippen LogP contribution in [0, 0.1) is 5.82 Å². The van der Waals surface area contributed by atoms with Crippen LogP contribution in [0.3, 0.4) is 0 Å². The van der Waals surface area contributed by atoms with E-state index in [2.05, 4.69) is 0 Å². The second-order valence-electron chi connectivity index (χ2n) is 7.09. The normalized spacial score (nSPS) is 14.2. The maximum atomic E-state index is 13.2. The molecule has 0 saturated carbocycles. The number of carbonyl (C=O) groups excluding carboxylic acids is 1. The molecule has 0 amide bonds. The summed E-state index contributed by atoms with van der Waals surface area (Å²) in [5.41, 5.74) is 2.94. The third kappa shape index (κ3) is 4.27. The molecule has 0 atom stereocenters. The Labute approximate surface area is 174 Å². The van der Waals surface area contributed by atoms with Crippen molar-refractivity contribution >= 4 is 16.0 Å². The van der Waals surface area contributed by atoms with E-state index in [9.17, 15) is 17.6 Å². The Kier molecular flexibility index (Phi) is 5.65. The highest BCUT2D eigenvalue weighted by Crippen LogP contribution is 2.25. The van der Waals surface area contributed by atoms with E-state index >= 15 is 0 Å². The Balaban J connectivity index is 1.44. The minimum Gasteiger partial charge on any atom is -0.457 e. The summed E-state index contributed by atoms with van der Waals surface area (Å²) >= 11 is 0. The first-order chi connectivity index (χ1) is 14.4. The second kappa shape index (κ2) is 8.38. The van der Waals surface area contributed by atoms with E-state index in [-0.39, 0.29) is 17.1 Å². The van der Waals surface area contributed by atoms with Gasteiger partial charge in [0.25, 0.3) is 0 Å². The van der Waals surface area contributed by atoms with E-state index in [0.29, 0.717) is 25.1 Å². The first-order valence-corrected chi connectivity index (χ1v) is 11.0. The third-order valence-corrected chi connectivity index (χ3v) is 6.94. The van der Waals surface area contributed by atoms with Crippen LogP contribution in [-0.2, 0) is 34.3 Å². The summed E-state index contributed by atoms with van der Waals surface area (Å²) in [6, 6.07) is 19.3. The molecule has 0 fully saturated rings. The standard InChI is InChI=1S/C23H20FNO4S/c24-21-7-3-4-17(14-21)16-29-23(26)19-8-10-22(11-9-19)30(27,28)25-13-12-18-5-1-2-6-20(18)15-25/h1-11,14H,12-13,15-16H2. The molecule has 3 aromatic rings. The zero-order valence-corrected chi connectivity index (χ0v) is 16.9. The smallest absolute Gasteiger partial charge is 0.338 e. The van der Waals surface area contributed by atoms with E-state index in [4.69, 9.17) is 4.74 Å². The zero-order chi connectivity index (χ0) is 21.1. The van der Waals surface area contributed by atoms with Gasteiger partial charge < -0.3 is 4.74 Å². The summed E-state index contributed by atoms with van der Waals surface area (Å²) in [6.45, 7) is 0.677. The van der Waals surface area contributed by atoms with Crippen molar-refractivity contribution in [3.05, 3.63) is 101 Å². The molecule has 5 nitrogen and oxygen atoms in total. The average Bonchev–Trinajstić information content (AvgIpc) is 2.77. The van der Waals surface area contributed by atoms with Gasteiger partial charge >= 0.3 is 5.97 Å². The predicted octanol–water partition coefficient (Wildman–Crippen LogP) is 3.93. The minimum atomic E-state index is -3.67. The molecule has 0 spiro atoms. The summed E-state index contributed by atoms with van der Waals surface area (Å²) < 4.78 is 45.8. The molecular weight excluding hydrogens is 405 g/mol. The number of benzene rings is 3. The molecule has 154 valence electrons. The largest absolute Gasteiger partial charge is 0.457 e. The van der Waals surface area contributed by atoms with Crippen molar-refractivity contribution in [2.24, 2.45) is 0 Å². The highest BCUT2D eigenvalue weighted by molar-refractivity contribution is 7.89. The van der Waals surface area contributed by atoms with Gasteiger partial charge in [0.1, 0.15) is 12.4 Å². The quantitative estimate of drug-likeness (QED) is 0.581. The number of nitrogens with zero attached hydrogens (tertiary/aromatic N) is 1. The zero-order valence-electron chi connectivity index (χ0n) is 16.1. The summed E-state index contributed by atoms with van der Waals surface area (Å²) in [5, 5.41) is 0. The van der Waals surface area contributed by atoms with Gasteiger partial charge in [-0.05, 0) is 59.5 Å². The van der Waals surface area contributed by atoms with Crippen LogP contribution >= 0.6 is 0 Å². The highest BCUT2D eigenvalue weighted by Gasteiger charge is 2.28. The molecule has 0 radical (unpaired) electrons. The lowest BCUT2D eigenvalue weighted by atomic mass is 10.0. The van der Waals surface area contributed by atoms with Crippen LogP contribution in [0.5, 0.6) is 0 Å². The second-order valence-corrected chi connectivity index (χ2v) is 9.03. The highest BCUT2D eigenvalue weighted by atomic mass is 32.2. The first-order valence-electron chi connectivity index (χ1n) is 9.52. The summed E-state index contributed by atoms with van der Waals surface area (Å²) in [5.74, 6) is -1.01. The SMILES string of the molecule is O=C(OCc1cccc(F)c1)c1ccc(S(=O)(=O)N2CCc3ccccc3C2)cc1. The monoisotopic (exact) mass is 425 g/mol. The van der Waals surface area contributed by atoms with Crippen LogP contribution in [0.15, 0.2) is 77.7 Å². The minimum absolute atomic E-state index is 0.0656. The molecule has 0 aliphatic carbocycles. The maximum absolute atomic E-state index is 13.2. The number of fused-ring (bicyclic) bond motifs is 1. The molecule has 0 saturated heterocycles. The lowest BCUT2D eigenvalue weighted by Gasteiger charge is -2.28. The van der Waals surface area contributed by atoms with E-state index in [0.717, 1.165) is 5.56 Å². The molecule has 3 aromatic carbocycles. The van der Waals surface area contributed by atoms with E-state index in [1.807, 2.05) is 24.3 Å². The molecule has 30 heavy (non-hydrogen) atoms. The lowest BCUT2D eigenvalue weighted by Crippen LogP contribution is -2.35. The van der Waals surface area contributed by atoms with Gasteiger partial charge in [0.2, 0.25) is 10.0 Å². The summed E-state index contributed by atoms with van der Waals surface area (Å²) in [7, 11) is -3.67. The van der Waals surface area contributed by atoms with Gasteiger partial charge in [-0.2, -0.15) is 4.31 Å². The van der Waals surface area contributed by atoms with E-state index < -0.39 is 21.8 Å². The van der Waals surface area contributed by atoms with Crippen LogP contribution in [0.2, 0.25) is 0 Å². The molecule has 1 heterocycles. The van der Waals surface area contributed by atoms with Gasteiger partial charge in [-0.3, -0.25) is 0 Å². The third-order valence-electron chi connectivity index (χ3n) is 5.08. The molecule has 7 heteroatoms. The number of hydrogen-bond donors (Lipinski definition) is 0. The van der Waals surface area contributed by atoms with Gasteiger partial charge in [0.15, 0.2) is 0 Å². The molecule has 4 rings (SSSR count). The number of esters is 1. The Morgan fingerprint density at radius 1 is 0.967 bits per heavy atom. The maximum Gasteiger partial charge on any atom is 0.338 e. The number of sulfonamides is 1. The van der Waals surface area contributed by atoms with Gasteiger partial charge in [-0.15, -0.1) is 0 Å². The van der Waals surface area contributed by atoms with Crippen LogP contribution in [0.1, 0.15) is 27.0 Å². The fourth-order valence-corrected chi connectivity index (χ4v) is 4.86. The van der Waals surface area contributed by atoms with Crippen LogP contribution < -0.4 is 0 Å². The molecule has 1 aliphatic heterocycles. The predicted molar refractivity (Wildman–Crippen MR) is 110 cm³/mol. The fourth-order valence-electron chi connectivity index (χ4n) is 3.45. The molecule has 0 aromatic heterocycles. The number of ether oxygens (including phenoxy) is 1. The summed E-state index contributed by atoms with van der Waals surface area (Å²) in [6.07, 6.45) is 0.667. The topological polar surface area (TPSA) is 63.7 Å². The van der Waals surface area contributed by atoms with Crippen molar-refractivity contribution in [2.45, 2.75) is 24.5 Å². The molecule has 0 unspecified atom stereocenters. The molecule has 0 bridgehead atoms. The van der Waals surface area contributed by atoms with Gasteiger partial charge in [-0.25, -0.2) is 17.6 Å². The van der Waals surface area contributed by atoms with Gasteiger partial charge in [-0.1, -0.05) is 36.4 Å². The number of hydrogen-bond acceptors (Lipinski definition) is 4. The van der Waals surface area contributed by atoms with Crippen LogP contribution in [-0.4, -0.2) is 25.2 Å². The Morgan fingerprint density at radius 3 is 2.43 bits per heavy atom. The Hall–Kier alpha value is -3.03. The lowest BCUT2D eigenvalue weighted by molar-refractivity contribution is 0.0472. The molecule has 1 aliphatic rings. The van der Waals surface area contributed by atoms with Crippen molar-refractivity contribution in [2.75, 3.05) is 6.54 Å². The number of rotatable bonds is 5. The summed E-state index contributed by atoms with van der Waals surface area (Å²) in [4.78, 5) is 12.4. The van der Waals surface area contributed by atoms with E-state index in [1.54, 1.807) is 6.07 Å². The van der Waals surface area contributed by atoms with Crippen LogP contribution in [0.4, 0.5) is 4.39 Å². The Bertz CT molecular complexity index is 1180. The molecular formula is C23H20FNO4S. The van der Waals surface area contributed by atoms with Crippen molar-refractivity contribution < 1.29 is 22.3 Å². The fraction of sp³-hybridized carbons (Fsp3) is 0.174. The Morgan fingerprint density at radius 2 is 1.70 bits per heavy atom. The van der Waals surface area contributed by atoms with Crippen molar-refractivity contribution in [1.29, 1.82) is 0 Å². The van der Waals surface area contributed by atoms with Crippen molar-refractivity contribution in [3.8, 4) is 0 Å². The van der Waals surface area contributed by atoms with Gasteiger partial charge in [0, 0.05) is 13.1 Å². The van der Waals surface area contributed by atoms with Gasteiger partial charge in [0.05, 0.1) is 10.5 Å². The number of halogens is 1. The van der Waals surface area contributed by atoms with Crippen molar-refractivity contribution in [1.82, 2.24) is 4.31 Å². The van der Waals surface area contributed by atoms with E-state index in [1.165, 1.54) is 52.3 Å².